The molecular weight excluding hydrogens is 308 g/mol. The molecule has 3 aromatic rings. The molecule has 1 heterocycles. The Morgan fingerprint density at radius 1 is 1.26 bits per heavy atom. The Kier molecular flexibility index (Phi) is 2.91. The zero-order chi connectivity index (χ0) is 13.4. The fraction of sp³-hybridized carbons (Fsp3) is 0.0714. The second kappa shape index (κ2) is 4.59. The lowest BCUT2D eigenvalue weighted by atomic mass is 10.2. The molecule has 0 unspecified atom stereocenters. The number of nitrogen functional groups attached to an aromatic ring is 1. The van der Waals surface area contributed by atoms with E-state index < -0.39 is 0 Å². The number of methoxy groups -OCH3 is 1. The van der Waals surface area contributed by atoms with Gasteiger partial charge in [0.1, 0.15) is 5.75 Å². The standard InChI is InChI=1S/C14H11BrN2O2/c1-18-11-3-2-4-12-13(11)17-14(19-12)8-5-9(15)7-10(16)6-8/h2-7H,16H2,1H3. The number of hydrogen-bond acceptors (Lipinski definition) is 4. The largest absolute Gasteiger partial charge is 0.494 e. The third-order valence-corrected chi connectivity index (χ3v) is 3.23. The first-order valence-corrected chi connectivity index (χ1v) is 6.46. The van der Waals surface area contributed by atoms with E-state index in [0.717, 1.165) is 10.0 Å². The predicted octanol–water partition coefficient (Wildman–Crippen LogP) is 3.85. The number of rotatable bonds is 2. The molecule has 0 atom stereocenters. The number of hydrogen-bond donors (Lipinski definition) is 1. The monoisotopic (exact) mass is 318 g/mol. The Balaban J connectivity index is 2.20. The van der Waals surface area contributed by atoms with Crippen molar-refractivity contribution >= 4 is 32.7 Å². The van der Waals surface area contributed by atoms with Crippen LogP contribution in [0.2, 0.25) is 0 Å². The van der Waals surface area contributed by atoms with Crippen molar-refractivity contribution < 1.29 is 9.15 Å². The second-order valence-corrected chi connectivity index (χ2v) is 5.01. The van der Waals surface area contributed by atoms with Crippen molar-refractivity contribution in [3.63, 3.8) is 0 Å². The Hall–Kier alpha value is -2.01. The number of nitrogens with zero attached hydrogens (tertiary/aromatic N) is 1. The van der Waals surface area contributed by atoms with E-state index in [1.54, 1.807) is 7.11 Å². The number of benzene rings is 2. The van der Waals surface area contributed by atoms with Gasteiger partial charge in [0, 0.05) is 15.7 Å². The van der Waals surface area contributed by atoms with Crippen LogP contribution >= 0.6 is 15.9 Å². The van der Waals surface area contributed by atoms with Gasteiger partial charge in [0.15, 0.2) is 11.1 Å². The van der Waals surface area contributed by atoms with E-state index in [-0.39, 0.29) is 0 Å². The summed E-state index contributed by atoms with van der Waals surface area (Å²) >= 11 is 3.41. The molecule has 0 radical (unpaired) electrons. The maximum atomic E-state index is 5.82. The lowest BCUT2D eigenvalue weighted by Gasteiger charge is -1.99. The number of oxazole rings is 1. The van der Waals surface area contributed by atoms with Crippen molar-refractivity contribution in [2.24, 2.45) is 0 Å². The van der Waals surface area contributed by atoms with Gasteiger partial charge in [0.2, 0.25) is 5.89 Å². The smallest absolute Gasteiger partial charge is 0.227 e. The second-order valence-electron chi connectivity index (χ2n) is 4.10. The molecule has 4 nitrogen and oxygen atoms in total. The minimum Gasteiger partial charge on any atom is -0.494 e. The third kappa shape index (κ3) is 2.17. The average Bonchev–Trinajstić information content (AvgIpc) is 2.81. The molecule has 5 heteroatoms. The highest BCUT2D eigenvalue weighted by molar-refractivity contribution is 9.10. The molecular formula is C14H11BrN2O2. The zero-order valence-corrected chi connectivity index (χ0v) is 11.8. The fourth-order valence-electron chi connectivity index (χ4n) is 1.95. The lowest BCUT2D eigenvalue weighted by Crippen LogP contribution is -1.86. The summed E-state index contributed by atoms with van der Waals surface area (Å²) in [5, 5.41) is 0. The third-order valence-electron chi connectivity index (χ3n) is 2.77. The molecule has 96 valence electrons. The summed E-state index contributed by atoms with van der Waals surface area (Å²) in [5.41, 5.74) is 8.69. The average molecular weight is 319 g/mol. The molecule has 2 aromatic carbocycles. The van der Waals surface area contributed by atoms with Crippen molar-refractivity contribution in [3.05, 3.63) is 40.9 Å². The molecule has 0 saturated carbocycles. The Labute approximate surface area is 118 Å². The van der Waals surface area contributed by atoms with E-state index in [9.17, 15) is 0 Å². The molecule has 0 amide bonds. The highest BCUT2D eigenvalue weighted by Crippen LogP contribution is 2.31. The molecule has 1 aromatic heterocycles. The van der Waals surface area contributed by atoms with Crippen LogP contribution in [0.3, 0.4) is 0 Å². The maximum Gasteiger partial charge on any atom is 0.227 e. The van der Waals surface area contributed by atoms with Crippen LogP contribution < -0.4 is 10.5 Å². The van der Waals surface area contributed by atoms with Gasteiger partial charge in [-0.1, -0.05) is 22.0 Å². The van der Waals surface area contributed by atoms with Crippen LogP contribution in [0.4, 0.5) is 5.69 Å². The van der Waals surface area contributed by atoms with Gasteiger partial charge < -0.3 is 14.9 Å². The number of fused-ring (bicyclic) bond motifs is 1. The highest BCUT2D eigenvalue weighted by atomic mass is 79.9. The molecule has 0 saturated heterocycles. The van der Waals surface area contributed by atoms with Gasteiger partial charge in [-0.25, -0.2) is 4.98 Å². The van der Waals surface area contributed by atoms with Crippen LogP contribution in [-0.2, 0) is 0 Å². The van der Waals surface area contributed by atoms with Crippen molar-refractivity contribution in [2.45, 2.75) is 0 Å². The molecule has 0 fully saturated rings. The van der Waals surface area contributed by atoms with Crippen molar-refractivity contribution in [1.82, 2.24) is 4.98 Å². The van der Waals surface area contributed by atoms with Gasteiger partial charge in [0.05, 0.1) is 7.11 Å². The van der Waals surface area contributed by atoms with Gasteiger partial charge >= 0.3 is 0 Å². The molecule has 0 aliphatic carbocycles. The number of halogens is 1. The predicted molar refractivity (Wildman–Crippen MR) is 78.1 cm³/mol. The maximum absolute atomic E-state index is 5.82. The highest BCUT2D eigenvalue weighted by Gasteiger charge is 2.12. The van der Waals surface area contributed by atoms with Crippen molar-refractivity contribution in [1.29, 1.82) is 0 Å². The Bertz CT molecular complexity index is 732. The number of anilines is 1. The van der Waals surface area contributed by atoms with E-state index in [0.29, 0.717) is 28.4 Å². The number of aromatic nitrogens is 1. The molecule has 0 aliphatic rings. The first kappa shape index (κ1) is 12.0. The molecule has 3 rings (SSSR count). The van der Waals surface area contributed by atoms with E-state index in [4.69, 9.17) is 14.9 Å². The first-order valence-electron chi connectivity index (χ1n) is 5.67. The molecule has 0 aliphatic heterocycles. The van der Waals surface area contributed by atoms with E-state index >= 15 is 0 Å². The van der Waals surface area contributed by atoms with Crippen LogP contribution in [0.1, 0.15) is 0 Å². The van der Waals surface area contributed by atoms with Gasteiger partial charge in [-0.3, -0.25) is 0 Å². The van der Waals surface area contributed by atoms with E-state index in [2.05, 4.69) is 20.9 Å². The summed E-state index contributed by atoms with van der Waals surface area (Å²) in [6.07, 6.45) is 0. The molecule has 0 bridgehead atoms. The summed E-state index contributed by atoms with van der Waals surface area (Å²) in [6, 6.07) is 11.1. The number of nitrogens with two attached hydrogens (primary N) is 1. The van der Waals surface area contributed by atoms with Crippen molar-refractivity contribution in [3.8, 4) is 17.2 Å². The molecule has 19 heavy (non-hydrogen) atoms. The van der Waals surface area contributed by atoms with Crippen LogP contribution in [0.5, 0.6) is 5.75 Å². The molecule has 2 N–H and O–H groups in total. The number of para-hydroxylation sites is 1. The molecule has 0 spiro atoms. The summed E-state index contributed by atoms with van der Waals surface area (Å²) in [7, 11) is 1.61. The van der Waals surface area contributed by atoms with Gasteiger partial charge in [-0.2, -0.15) is 0 Å². The van der Waals surface area contributed by atoms with E-state index in [1.807, 2.05) is 36.4 Å². The minimum absolute atomic E-state index is 0.521. The number of ether oxygens (including phenoxy) is 1. The SMILES string of the molecule is COc1cccc2oc(-c3cc(N)cc(Br)c3)nc12. The van der Waals surface area contributed by atoms with Crippen LogP contribution in [-0.4, -0.2) is 12.1 Å². The normalized spacial score (nSPS) is 10.8. The van der Waals surface area contributed by atoms with Crippen LogP contribution in [0.25, 0.3) is 22.6 Å². The van der Waals surface area contributed by atoms with E-state index in [1.165, 1.54) is 0 Å². The first-order chi connectivity index (χ1) is 9.17. The summed E-state index contributed by atoms with van der Waals surface area (Å²) < 4.78 is 11.9. The summed E-state index contributed by atoms with van der Waals surface area (Å²) in [5.74, 6) is 1.21. The summed E-state index contributed by atoms with van der Waals surface area (Å²) in [6.45, 7) is 0. The fourth-order valence-corrected chi connectivity index (χ4v) is 2.46. The Morgan fingerprint density at radius 2 is 2.11 bits per heavy atom. The quantitative estimate of drug-likeness (QED) is 0.729. The lowest BCUT2D eigenvalue weighted by molar-refractivity contribution is 0.419. The van der Waals surface area contributed by atoms with Crippen LogP contribution in [0.15, 0.2) is 45.3 Å². The zero-order valence-electron chi connectivity index (χ0n) is 10.2. The van der Waals surface area contributed by atoms with Crippen molar-refractivity contribution in [2.75, 3.05) is 12.8 Å². The van der Waals surface area contributed by atoms with Gasteiger partial charge in [0.25, 0.3) is 0 Å². The van der Waals surface area contributed by atoms with Crippen LogP contribution in [0, 0.1) is 0 Å². The topological polar surface area (TPSA) is 61.3 Å². The van der Waals surface area contributed by atoms with Gasteiger partial charge in [-0.05, 0) is 30.3 Å². The minimum atomic E-state index is 0.521. The van der Waals surface area contributed by atoms with Gasteiger partial charge in [-0.15, -0.1) is 0 Å². The Morgan fingerprint density at radius 3 is 2.84 bits per heavy atom. The summed E-state index contributed by atoms with van der Waals surface area (Å²) in [4.78, 5) is 4.47.